The van der Waals surface area contributed by atoms with E-state index in [0.29, 0.717) is 0 Å². The second kappa shape index (κ2) is 1.50. The molecule has 0 N–H and O–H groups in total. The van der Waals surface area contributed by atoms with Crippen molar-refractivity contribution in [3.63, 3.8) is 0 Å². The summed E-state index contributed by atoms with van der Waals surface area (Å²) in [5, 5.41) is 0. The topological polar surface area (TPSA) is 25.8 Å². The van der Waals surface area contributed by atoms with Gasteiger partial charge in [-0.1, -0.05) is 0 Å². The quantitative estimate of drug-likeness (QED) is 0.431. The average Bonchev–Trinajstić information content (AvgIpc) is 1.72. The van der Waals surface area contributed by atoms with Crippen molar-refractivity contribution in [1.82, 2.24) is 9.97 Å². The van der Waals surface area contributed by atoms with E-state index in [2.05, 4.69) is 28.6 Å². The van der Waals surface area contributed by atoms with Gasteiger partial charge in [0.2, 0.25) is 0 Å². The minimum absolute atomic E-state index is 1.43. The summed E-state index contributed by atoms with van der Waals surface area (Å²) in [6, 6.07) is 0. The van der Waals surface area contributed by atoms with Gasteiger partial charge in [0.1, 0.15) is 18.6 Å². The van der Waals surface area contributed by atoms with Gasteiger partial charge in [-0.3, -0.25) is 0 Å². The smallest absolute Gasteiger partial charge is 0.120 e. The van der Waals surface area contributed by atoms with Crippen molar-refractivity contribution in [3.05, 3.63) is 24.8 Å². The lowest BCUT2D eigenvalue weighted by Gasteiger charge is -1.66. The normalized spacial score (nSPS) is 8.00. The van der Waals surface area contributed by atoms with Crippen LogP contribution in [0.5, 0.6) is 0 Å². The first-order valence-electron chi connectivity index (χ1n) is 1.47. The Bertz CT molecular complexity index is 77.5. The van der Waals surface area contributed by atoms with Gasteiger partial charge in [-0.05, 0) is 0 Å². The molecular formula is C4HN2. The highest BCUT2D eigenvalue weighted by atomic mass is 14.7. The summed E-state index contributed by atoms with van der Waals surface area (Å²) in [4.78, 5) is 6.90. The van der Waals surface area contributed by atoms with E-state index in [9.17, 15) is 0 Å². The Labute approximate surface area is 35.9 Å². The van der Waals surface area contributed by atoms with Crippen LogP contribution in [-0.4, -0.2) is 9.97 Å². The van der Waals surface area contributed by atoms with E-state index < -0.39 is 0 Å². The zero-order valence-electron chi connectivity index (χ0n) is 2.97. The van der Waals surface area contributed by atoms with Gasteiger partial charge in [0.25, 0.3) is 0 Å². The van der Waals surface area contributed by atoms with E-state index in [1.165, 1.54) is 6.20 Å². The lowest BCUT2D eigenvalue weighted by atomic mass is 10.8. The molecule has 1 aromatic heterocycles. The molecule has 2 heteroatoms. The Morgan fingerprint density at radius 2 is 2.33 bits per heavy atom. The molecule has 0 saturated carbocycles. The standard InChI is InChI=1S/C4HN2/c1-2-6-4-3-5-1/h1H. The van der Waals surface area contributed by atoms with Crippen molar-refractivity contribution in [2.75, 3.05) is 0 Å². The van der Waals surface area contributed by atoms with Crippen LogP contribution in [0.4, 0.5) is 0 Å². The van der Waals surface area contributed by atoms with E-state index in [-0.39, 0.29) is 0 Å². The van der Waals surface area contributed by atoms with Crippen LogP contribution in [0.25, 0.3) is 0 Å². The van der Waals surface area contributed by atoms with Gasteiger partial charge >= 0.3 is 0 Å². The SMILES string of the molecule is [c]1[c]nc[c]n1. The number of rotatable bonds is 0. The largest absolute Gasteiger partial charge is 0.250 e. The van der Waals surface area contributed by atoms with E-state index in [1.54, 1.807) is 0 Å². The number of aromatic nitrogens is 2. The van der Waals surface area contributed by atoms with Crippen molar-refractivity contribution in [3.8, 4) is 0 Å². The predicted molar refractivity (Wildman–Crippen MR) is 18.5 cm³/mol. The van der Waals surface area contributed by atoms with Gasteiger partial charge in [-0.25, -0.2) is 9.97 Å². The van der Waals surface area contributed by atoms with E-state index in [1.807, 2.05) is 0 Å². The van der Waals surface area contributed by atoms with Crippen LogP contribution >= 0.6 is 0 Å². The second-order valence-corrected chi connectivity index (χ2v) is 0.723. The maximum atomic E-state index is 3.49. The highest BCUT2D eigenvalue weighted by molar-refractivity contribution is 4.64. The highest BCUT2D eigenvalue weighted by Crippen LogP contribution is 1.61. The molecular weight excluding hydrogens is 76.1 g/mol. The molecule has 0 aliphatic carbocycles. The van der Waals surface area contributed by atoms with Crippen LogP contribution in [0.3, 0.4) is 0 Å². The summed E-state index contributed by atoms with van der Waals surface area (Å²) in [5.41, 5.74) is 0. The summed E-state index contributed by atoms with van der Waals surface area (Å²) >= 11 is 0. The molecule has 1 rings (SSSR count). The number of hydrogen-bond acceptors (Lipinski definition) is 2. The van der Waals surface area contributed by atoms with Crippen LogP contribution in [0, 0.1) is 18.6 Å². The molecule has 0 unspecified atom stereocenters. The maximum absolute atomic E-state index is 3.49. The summed E-state index contributed by atoms with van der Waals surface area (Å²) in [7, 11) is 0. The first-order chi connectivity index (χ1) is 3.00. The van der Waals surface area contributed by atoms with Crippen molar-refractivity contribution in [1.29, 1.82) is 0 Å². The molecule has 0 atom stereocenters. The maximum Gasteiger partial charge on any atom is 0.120 e. The molecule has 2 nitrogen and oxygen atoms in total. The monoisotopic (exact) mass is 77.0 g/mol. The van der Waals surface area contributed by atoms with E-state index in [0.717, 1.165) is 0 Å². The Hall–Kier alpha value is -0.920. The van der Waals surface area contributed by atoms with Gasteiger partial charge in [0.15, 0.2) is 0 Å². The fourth-order valence-corrected chi connectivity index (χ4v) is 0.176. The van der Waals surface area contributed by atoms with E-state index in [4.69, 9.17) is 0 Å². The molecule has 1 heterocycles. The minimum atomic E-state index is 1.43. The van der Waals surface area contributed by atoms with Gasteiger partial charge in [-0.15, -0.1) is 0 Å². The van der Waals surface area contributed by atoms with Crippen LogP contribution in [0.1, 0.15) is 0 Å². The fourth-order valence-electron chi connectivity index (χ4n) is 0.176. The van der Waals surface area contributed by atoms with Gasteiger partial charge in [-0.2, -0.15) is 0 Å². The third-order valence-electron chi connectivity index (χ3n) is 0.357. The lowest BCUT2D eigenvalue weighted by molar-refractivity contribution is 1.17. The summed E-state index contributed by atoms with van der Waals surface area (Å²) in [6.45, 7) is 0. The number of nitrogens with zero attached hydrogens (tertiary/aromatic N) is 2. The molecule has 0 aromatic carbocycles. The first-order valence-corrected chi connectivity index (χ1v) is 1.47. The summed E-state index contributed by atoms with van der Waals surface area (Å²) in [6.07, 6.45) is 8.60. The molecule has 0 aliphatic rings. The first kappa shape index (κ1) is 3.28. The molecule has 0 aliphatic heterocycles. The van der Waals surface area contributed by atoms with Crippen LogP contribution in [0.2, 0.25) is 0 Å². The van der Waals surface area contributed by atoms with Gasteiger partial charge in [0, 0.05) is 0 Å². The molecule has 3 radical (unpaired) electrons. The summed E-state index contributed by atoms with van der Waals surface area (Å²) < 4.78 is 0. The predicted octanol–water partition coefficient (Wildman–Crippen LogP) is -0.123. The van der Waals surface area contributed by atoms with Crippen LogP contribution in [0.15, 0.2) is 6.20 Å². The fraction of sp³-hybridized carbons (Fsp3) is 0. The third kappa shape index (κ3) is 0.516. The molecule has 0 amide bonds. The zero-order chi connectivity index (χ0) is 4.24. The van der Waals surface area contributed by atoms with Crippen molar-refractivity contribution in [2.24, 2.45) is 0 Å². The lowest BCUT2D eigenvalue weighted by Crippen LogP contribution is -1.69. The Balaban J connectivity index is 3.00. The zero-order valence-corrected chi connectivity index (χ0v) is 2.97. The average molecular weight is 77.1 g/mol. The molecule has 0 saturated heterocycles. The molecule has 27 valence electrons. The van der Waals surface area contributed by atoms with Gasteiger partial charge in [0.05, 0.1) is 6.20 Å². The number of hydrogen-bond donors (Lipinski definition) is 0. The Morgan fingerprint density at radius 3 is 2.50 bits per heavy atom. The summed E-state index contributed by atoms with van der Waals surface area (Å²) in [5.74, 6) is 0. The Morgan fingerprint density at radius 1 is 1.33 bits per heavy atom. The van der Waals surface area contributed by atoms with Gasteiger partial charge < -0.3 is 0 Å². The van der Waals surface area contributed by atoms with E-state index >= 15 is 0 Å². The van der Waals surface area contributed by atoms with Crippen molar-refractivity contribution < 1.29 is 0 Å². The van der Waals surface area contributed by atoms with Crippen molar-refractivity contribution >= 4 is 0 Å². The Kier molecular flexibility index (Phi) is 0.819. The van der Waals surface area contributed by atoms with Crippen molar-refractivity contribution in [2.45, 2.75) is 0 Å². The third-order valence-corrected chi connectivity index (χ3v) is 0.357. The molecule has 0 bridgehead atoms. The van der Waals surface area contributed by atoms with Crippen LogP contribution in [-0.2, 0) is 0 Å². The molecule has 0 fully saturated rings. The highest BCUT2D eigenvalue weighted by Gasteiger charge is 1.63. The molecule has 1 aromatic rings. The van der Waals surface area contributed by atoms with Crippen LogP contribution < -0.4 is 0 Å². The molecule has 0 spiro atoms. The minimum Gasteiger partial charge on any atom is -0.250 e. The molecule has 6 heavy (non-hydrogen) atoms. The second-order valence-electron chi connectivity index (χ2n) is 0.723.